The first-order chi connectivity index (χ1) is 17.5. The van der Waals surface area contributed by atoms with E-state index in [0.29, 0.717) is 24.4 Å². The number of aliphatic hydroxyl groups excluding tert-OH is 1. The Kier molecular flexibility index (Phi) is 11.3. The van der Waals surface area contributed by atoms with Gasteiger partial charge < -0.3 is 19.3 Å². The molecule has 2 atom stereocenters. The summed E-state index contributed by atoms with van der Waals surface area (Å²) in [5.41, 5.74) is 2.94. The number of aryl methyl sites for hydroxylation is 1. The molecule has 0 spiro atoms. The zero-order valence-corrected chi connectivity index (χ0v) is 24.5. The third-order valence-corrected chi connectivity index (χ3v) is 8.63. The monoisotopic (exact) mass is 580 g/mol. The van der Waals surface area contributed by atoms with Gasteiger partial charge in [0.1, 0.15) is 16.7 Å². The topological polar surface area (TPSA) is 85.8 Å². The van der Waals surface area contributed by atoms with Crippen LogP contribution in [0.3, 0.4) is 0 Å². The molecule has 0 amide bonds. The van der Waals surface area contributed by atoms with Crippen molar-refractivity contribution in [3.05, 3.63) is 45.3 Å². The Labute approximate surface area is 241 Å². The normalized spacial score (nSPS) is 19.7. The minimum Gasteiger partial charge on any atom is -0.493 e. The second-order valence-electron chi connectivity index (χ2n) is 10.7. The van der Waals surface area contributed by atoms with Gasteiger partial charge in [-0.1, -0.05) is 5.16 Å². The van der Waals surface area contributed by atoms with Crippen molar-refractivity contribution >= 4 is 47.1 Å². The molecule has 1 saturated heterocycles. The minimum atomic E-state index is 0. The maximum Gasteiger partial charge on any atom is 0.175 e. The highest BCUT2D eigenvalue weighted by Crippen LogP contribution is 2.39. The fourth-order valence-electron chi connectivity index (χ4n) is 5.32. The van der Waals surface area contributed by atoms with E-state index in [1.807, 2.05) is 6.07 Å². The molecule has 2 aromatic heterocycles. The van der Waals surface area contributed by atoms with Gasteiger partial charge in [-0.15, -0.1) is 36.2 Å². The second-order valence-corrected chi connectivity index (χ2v) is 11.8. The first kappa shape index (κ1) is 30.7. The number of hydrogen-bond donors (Lipinski definition) is 1. The van der Waals surface area contributed by atoms with Crippen molar-refractivity contribution in [2.45, 2.75) is 45.2 Å². The molecule has 1 saturated carbocycles. The van der Waals surface area contributed by atoms with E-state index < -0.39 is 0 Å². The molecule has 2 aliphatic rings. The van der Waals surface area contributed by atoms with Crippen molar-refractivity contribution < 1.29 is 14.4 Å². The summed E-state index contributed by atoms with van der Waals surface area (Å²) in [6.07, 6.45) is 5.50. The summed E-state index contributed by atoms with van der Waals surface area (Å²) >= 11 is 1.61. The van der Waals surface area contributed by atoms with Gasteiger partial charge in [-0.05, 0) is 101 Å². The number of thiophene rings is 1. The highest BCUT2D eigenvalue weighted by Gasteiger charge is 2.37. The Balaban J connectivity index is 0.00000200. The van der Waals surface area contributed by atoms with Gasteiger partial charge in [0.2, 0.25) is 0 Å². The van der Waals surface area contributed by atoms with Crippen LogP contribution in [0.2, 0.25) is 0 Å². The number of aliphatic hydroxyl groups is 1. The van der Waals surface area contributed by atoms with Gasteiger partial charge in [-0.25, -0.2) is 0 Å². The van der Waals surface area contributed by atoms with E-state index in [0.717, 1.165) is 78.3 Å². The van der Waals surface area contributed by atoms with Crippen LogP contribution in [0.25, 0.3) is 11.0 Å². The standard InChI is InChI=1S/C28H36N4O3S.2ClH/c1-31(2)16-25-27(34-18-21-13-20(21)17-33)8-6-24-26(30-35-28(24)25)7-3-19-9-11-32(12-10-19)15-23-5-4-22(14-29)36-23;;/h4-6,8,19-21,33H,3,7,9-13,15-18H2,1-2H3;2*1H. The summed E-state index contributed by atoms with van der Waals surface area (Å²) in [6, 6.07) is 10.4. The van der Waals surface area contributed by atoms with Crippen LogP contribution in [0, 0.1) is 29.1 Å². The Hall–Kier alpha value is -1.86. The highest BCUT2D eigenvalue weighted by molar-refractivity contribution is 7.12. The fourth-order valence-corrected chi connectivity index (χ4v) is 6.17. The van der Waals surface area contributed by atoms with Crippen LogP contribution in [0.4, 0.5) is 0 Å². The van der Waals surface area contributed by atoms with Crippen molar-refractivity contribution in [3.63, 3.8) is 0 Å². The second kappa shape index (κ2) is 14.0. The molecule has 0 radical (unpaired) electrons. The molecule has 1 aliphatic carbocycles. The smallest absolute Gasteiger partial charge is 0.175 e. The van der Waals surface area contributed by atoms with Crippen LogP contribution in [0.1, 0.15) is 46.7 Å². The Morgan fingerprint density at radius 1 is 1.18 bits per heavy atom. The summed E-state index contributed by atoms with van der Waals surface area (Å²) in [7, 11) is 4.10. The molecule has 5 rings (SSSR count). The maximum atomic E-state index is 9.32. The van der Waals surface area contributed by atoms with E-state index in [2.05, 4.69) is 53.3 Å². The van der Waals surface area contributed by atoms with E-state index in [-0.39, 0.29) is 31.4 Å². The van der Waals surface area contributed by atoms with E-state index in [9.17, 15) is 5.11 Å². The number of piperidine rings is 1. The van der Waals surface area contributed by atoms with Crippen LogP contribution in [0.5, 0.6) is 5.75 Å². The van der Waals surface area contributed by atoms with Gasteiger partial charge in [-0.2, -0.15) is 5.26 Å². The Morgan fingerprint density at radius 3 is 2.63 bits per heavy atom. The predicted molar refractivity (Wildman–Crippen MR) is 155 cm³/mol. The number of aromatic nitrogens is 1. The summed E-state index contributed by atoms with van der Waals surface area (Å²) in [6.45, 7) is 4.79. The molecule has 0 bridgehead atoms. The van der Waals surface area contributed by atoms with Gasteiger partial charge in [0.25, 0.3) is 0 Å². The molecule has 3 aromatic rings. The highest BCUT2D eigenvalue weighted by atomic mass is 35.5. The lowest BCUT2D eigenvalue weighted by atomic mass is 9.91. The van der Waals surface area contributed by atoms with Gasteiger partial charge in [0.15, 0.2) is 5.58 Å². The third-order valence-electron chi connectivity index (χ3n) is 7.65. The van der Waals surface area contributed by atoms with Crippen molar-refractivity contribution in [3.8, 4) is 11.8 Å². The molecule has 2 fully saturated rings. The molecular formula is C28H38Cl2N4O3S. The summed E-state index contributed by atoms with van der Waals surface area (Å²) in [4.78, 5) is 6.71. The lowest BCUT2D eigenvalue weighted by molar-refractivity contribution is 0.173. The lowest BCUT2D eigenvalue weighted by Gasteiger charge is -2.31. The maximum absolute atomic E-state index is 9.32. The summed E-state index contributed by atoms with van der Waals surface area (Å²) in [5, 5.41) is 24.0. The number of rotatable bonds is 11. The molecule has 1 aromatic carbocycles. The number of benzene rings is 1. The van der Waals surface area contributed by atoms with Gasteiger partial charge >= 0.3 is 0 Å². The number of halogens is 2. The van der Waals surface area contributed by atoms with Crippen molar-refractivity contribution in [1.29, 1.82) is 5.26 Å². The minimum absolute atomic E-state index is 0. The number of nitrogens with zero attached hydrogens (tertiary/aromatic N) is 4. The first-order valence-corrected chi connectivity index (χ1v) is 13.9. The lowest BCUT2D eigenvalue weighted by Crippen LogP contribution is -2.33. The molecule has 3 heterocycles. The van der Waals surface area contributed by atoms with E-state index in [1.54, 1.807) is 11.3 Å². The number of likely N-dealkylation sites (tertiary alicyclic amines) is 1. The van der Waals surface area contributed by atoms with Crippen molar-refractivity contribution in [1.82, 2.24) is 15.0 Å². The van der Waals surface area contributed by atoms with E-state index >= 15 is 0 Å². The molecule has 1 aliphatic heterocycles. The predicted octanol–water partition coefficient (Wildman–Crippen LogP) is 5.52. The number of nitriles is 1. The van der Waals surface area contributed by atoms with E-state index in [4.69, 9.17) is 14.5 Å². The quantitative estimate of drug-likeness (QED) is 0.319. The average molecular weight is 582 g/mol. The van der Waals surface area contributed by atoms with Gasteiger partial charge in [0.05, 0.1) is 17.9 Å². The Morgan fingerprint density at radius 2 is 1.97 bits per heavy atom. The molecule has 38 heavy (non-hydrogen) atoms. The van der Waals surface area contributed by atoms with Crippen LogP contribution in [-0.2, 0) is 19.5 Å². The molecule has 208 valence electrons. The largest absolute Gasteiger partial charge is 0.493 e. The van der Waals surface area contributed by atoms with Gasteiger partial charge in [0, 0.05) is 30.0 Å². The van der Waals surface area contributed by atoms with Crippen LogP contribution < -0.4 is 4.74 Å². The van der Waals surface area contributed by atoms with Crippen LogP contribution in [-0.4, -0.2) is 60.5 Å². The summed E-state index contributed by atoms with van der Waals surface area (Å²) in [5.74, 6) is 2.41. The third kappa shape index (κ3) is 7.41. The fraction of sp³-hybridized carbons (Fsp3) is 0.571. The Bertz CT molecular complexity index is 1220. The number of hydrogen-bond acceptors (Lipinski definition) is 8. The molecular weight excluding hydrogens is 543 g/mol. The summed E-state index contributed by atoms with van der Waals surface area (Å²) < 4.78 is 12.1. The SMILES string of the molecule is CN(C)Cc1c(OCC2CC2CO)ccc2c(CCC3CCN(Cc4ccc(C#N)s4)CC3)noc12.Cl.Cl. The van der Waals surface area contributed by atoms with Gasteiger partial charge in [-0.3, -0.25) is 4.90 Å². The molecule has 1 N–H and O–H groups in total. The zero-order chi connectivity index (χ0) is 25.1. The van der Waals surface area contributed by atoms with E-state index in [1.165, 1.54) is 17.7 Å². The zero-order valence-electron chi connectivity index (χ0n) is 22.1. The van der Waals surface area contributed by atoms with Crippen LogP contribution >= 0.6 is 36.2 Å². The number of fused-ring (bicyclic) bond motifs is 1. The first-order valence-electron chi connectivity index (χ1n) is 13.0. The van der Waals surface area contributed by atoms with Crippen LogP contribution in [0.15, 0.2) is 28.8 Å². The molecule has 2 unspecified atom stereocenters. The average Bonchev–Trinajstić information content (AvgIpc) is 3.28. The van der Waals surface area contributed by atoms with Crippen molar-refractivity contribution in [2.75, 3.05) is 40.4 Å². The van der Waals surface area contributed by atoms with Crippen molar-refractivity contribution in [2.24, 2.45) is 17.8 Å². The number of ether oxygens (including phenoxy) is 1. The molecule has 10 heteroatoms. The molecule has 7 nitrogen and oxygen atoms in total.